The lowest BCUT2D eigenvalue weighted by atomic mass is 9.33. The van der Waals surface area contributed by atoms with Crippen LogP contribution in [0.2, 0.25) is 0 Å². The van der Waals surface area contributed by atoms with E-state index in [9.17, 15) is 0 Å². The van der Waals surface area contributed by atoms with Crippen molar-refractivity contribution in [3.8, 4) is 33.8 Å². The second-order valence-electron chi connectivity index (χ2n) is 14.7. The number of anilines is 6. The summed E-state index contributed by atoms with van der Waals surface area (Å²) in [6.07, 6.45) is 0.0435. The summed E-state index contributed by atoms with van der Waals surface area (Å²) in [7, 11) is 0. The Bertz CT molecular complexity index is 2380. The van der Waals surface area contributed by atoms with Crippen molar-refractivity contribution in [1.82, 2.24) is 0 Å². The molecular weight excluding hydrogens is 679 g/mol. The van der Waals surface area contributed by atoms with E-state index in [2.05, 4.69) is 149 Å². The molecule has 4 heterocycles. The zero-order valence-electron chi connectivity index (χ0n) is 30.5. The fourth-order valence-corrected chi connectivity index (χ4v) is 8.30. The average Bonchev–Trinajstić information content (AvgIpc) is 4.14. The van der Waals surface area contributed by atoms with E-state index in [0.717, 1.165) is 45.1 Å². The first-order chi connectivity index (χ1) is 27.1. The standard InChI is InChI=1S/C48H37BN2O4/c1-30-47(52-30)54-38-26-18-34(19-27-38)32-14-22-36(23-15-32)50-42-10-5-3-8-40(42)49-41-9-4-6-11-43(41)51(45-13-7-12-44(50)46(45)49)37-24-16-33(17-25-37)35-20-28-39(29-21-35)55-48-31(2)53-48/h3-31,47-48H,1-2H3. The molecule has 7 aromatic rings. The summed E-state index contributed by atoms with van der Waals surface area (Å²) in [6, 6.07) is 58.8. The number of benzene rings is 7. The van der Waals surface area contributed by atoms with Crippen molar-refractivity contribution in [3.05, 3.63) is 164 Å². The maximum atomic E-state index is 5.88. The molecule has 0 aromatic heterocycles. The van der Waals surface area contributed by atoms with Crippen molar-refractivity contribution in [2.45, 2.75) is 38.6 Å². The van der Waals surface area contributed by atoms with Gasteiger partial charge in [0, 0.05) is 34.1 Å². The molecule has 0 amide bonds. The predicted molar refractivity (Wildman–Crippen MR) is 221 cm³/mol. The predicted octanol–water partition coefficient (Wildman–Crippen LogP) is 9.35. The summed E-state index contributed by atoms with van der Waals surface area (Å²) in [5.74, 6) is 1.65. The van der Waals surface area contributed by atoms with Gasteiger partial charge in [-0.05, 0) is 125 Å². The molecule has 11 rings (SSSR count). The summed E-state index contributed by atoms with van der Waals surface area (Å²) >= 11 is 0. The van der Waals surface area contributed by atoms with Crippen molar-refractivity contribution >= 4 is 57.2 Å². The van der Waals surface area contributed by atoms with Gasteiger partial charge in [-0.2, -0.15) is 0 Å². The van der Waals surface area contributed by atoms with Gasteiger partial charge in [0.25, 0.3) is 6.71 Å². The Kier molecular flexibility index (Phi) is 7.41. The quantitative estimate of drug-likeness (QED) is 0.115. The highest BCUT2D eigenvalue weighted by Gasteiger charge is 2.43. The Morgan fingerprint density at radius 1 is 0.418 bits per heavy atom. The van der Waals surface area contributed by atoms with Crippen LogP contribution < -0.4 is 35.7 Å². The second-order valence-corrected chi connectivity index (χ2v) is 14.7. The Morgan fingerprint density at radius 3 is 1.15 bits per heavy atom. The molecule has 7 aromatic carbocycles. The molecule has 0 radical (unpaired) electrons. The lowest BCUT2D eigenvalue weighted by Crippen LogP contribution is -2.61. The lowest BCUT2D eigenvalue weighted by Gasteiger charge is -2.44. The van der Waals surface area contributed by atoms with Crippen molar-refractivity contribution in [2.24, 2.45) is 0 Å². The molecule has 0 saturated carbocycles. The molecule has 4 aliphatic heterocycles. The third-order valence-corrected chi connectivity index (χ3v) is 11.2. The maximum absolute atomic E-state index is 5.88. The number of rotatable bonds is 8. The molecule has 2 saturated heterocycles. The second kappa shape index (κ2) is 12.7. The first-order valence-corrected chi connectivity index (χ1v) is 19.0. The van der Waals surface area contributed by atoms with Gasteiger partial charge in [0.2, 0.25) is 12.6 Å². The van der Waals surface area contributed by atoms with Gasteiger partial charge in [0.05, 0.1) is 0 Å². The van der Waals surface area contributed by atoms with Crippen LogP contribution in [0.15, 0.2) is 164 Å². The third kappa shape index (κ3) is 5.58. The molecule has 4 aliphatic rings. The minimum Gasteiger partial charge on any atom is -0.462 e. The van der Waals surface area contributed by atoms with Gasteiger partial charge in [0.15, 0.2) is 0 Å². The van der Waals surface area contributed by atoms with Crippen molar-refractivity contribution in [2.75, 3.05) is 9.80 Å². The van der Waals surface area contributed by atoms with Gasteiger partial charge < -0.3 is 28.7 Å². The number of hydrogen-bond donors (Lipinski definition) is 0. The molecule has 6 nitrogen and oxygen atoms in total. The van der Waals surface area contributed by atoms with E-state index < -0.39 is 0 Å². The van der Waals surface area contributed by atoms with E-state index in [0.29, 0.717) is 0 Å². The summed E-state index contributed by atoms with van der Waals surface area (Å²) < 4.78 is 22.6. The van der Waals surface area contributed by atoms with Gasteiger partial charge in [-0.15, -0.1) is 0 Å². The number of nitrogens with zero attached hydrogens (tertiary/aromatic N) is 2. The minimum absolute atomic E-state index is 0.0965. The monoisotopic (exact) mass is 716 g/mol. The fraction of sp³-hybridized carbons (Fsp3) is 0.125. The van der Waals surface area contributed by atoms with Crippen LogP contribution in [0, 0.1) is 0 Å². The molecule has 4 unspecified atom stereocenters. The van der Waals surface area contributed by atoms with Crippen LogP contribution in [0.5, 0.6) is 11.5 Å². The van der Waals surface area contributed by atoms with E-state index in [1.165, 1.54) is 39.1 Å². The molecule has 4 atom stereocenters. The first kappa shape index (κ1) is 32.2. The highest BCUT2D eigenvalue weighted by atomic mass is 16.8. The number of para-hydroxylation sites is 2. The van der Waals surface area contributed by atoms with Gasteiger partial charge in [-0.3, -0.25) is 0 Å². The fourth-order valence-electron chi connectivity index (χ4n) is 8.30. The minimum atomic E-state index is -0.135. The number of epoxide rings is 2. The summed E-state index contributed by atoms with van der Waals surface area (Å²) in [6.45, 7) is 4.13. The van der Waals surface area contributed by atoms with Crippen molar-refractivity contribution < 1.29 is 18.9 Å². The maximum Gasteiger partial charge on any atom is 0.252 e. The Hall–Kier alpha value is -6.28. The Labute approximate surface area is 321 Å². The number of hydrogen-bond acceptors (Lipinski definition) is 6. The first-order valence-electron chi connectivity index (χ1n) is 19.0. The van der Waals surface area contributed by atoms with Gasteiger partial charge in [-0.25, -0.2) is 0 Å². The average molecular weight is 717 g/mol. The van der Waals surface area contributed by atoms with Crippen LogP contribution in [0.4, 0.5) is 34.1 Å². The van der Waals surface area contributed by atoms with Crippen molar-refractivity contribution in [3.63, 3.8) is 0 Å². The molecule has 0 aliphatic carbocycles. The van der Waals surface area contributed by atoms with Gasteiger partial charge >= 0.3 is 0 Å². The van der Waals surface area contributed by atoms with Crippen LogP contribution in [0.3, 0.4) is 0 Å². The molecule has 55 heavy (non-hydrogen) atoms. The van der Waals surface area contributed by atoms with E-state index in [1.54, 1.807) is 0 Å². The number of ether oxygens (including phenoxy) is 4. The Morgan fingerprint density at radius 2 is 0.764 bits per heavy atom. The van der Waals surface area contributed by atoms with Crippen LogP contribution >= 0.6 is 0 Å². The third-order valence-electron chi connectivity index (χ3n) is 11.2. The van der Waals surface area contributed by atoms with E-state index in [4.69, 9.17) is 18.9 Å². The zero-order chi connectivity index (χ0) is 36.6. The molecule has 0 bridgehead atoms. The highest BCUT2D eigenvalue weighted by molar-refractivity contribution is 7.00. The van der Waals surface area contributed by atoms with Crippen LogP contribution in [0.25, 0.3) is 22.3 Å². The molecule has 266 valence electrons. The van der Waals surface area contributed by atoms with Crippen LogP contribution in [0.1, 0.15) is 13.8 Å². The molecule has 7 heteroatoms. The topological polar surface area (TPSA) is 50.0 Å². The lowest BCUT2D eigenvalue weighted by molar-refractivity contribution is 0.178. The normalized spacial score (nSPS) is 19.9. The van der Waals surface area contributed by atoms with Crippen LogP contribution in [-0.2, 0) is 9.47 Å². The molecular formula is C48H37BN2O4. The zero-order valence-corrected chi connectivity index (χ0v) is 30.5. The molecule has 0 N–H and O–H groups in total. The van der Waals surface area contributed by atoms with E-state index >= 15 is 0 Å². The largest absolute Gasteiger partial charge is 0.462 e. The smallest absolute Gasteiger partial charge is 0.252 e. The Balaban J connectivity index is 0.956. The highest BCUT2D eigenvalue weighted by Crippen LogP contribution is 2.44. The summed E-state index contributed by atoms with van der Waals surface area (Å²) in [5, 5.41) is 0. The SMILES string of the molecule is CC1OC1Oc1ccc(-c2ccc(N3c4ccccc4B4c5ccccc5N(c5ccc(-c6ccc(OC7OC7C)cc6)cc5)c5cccc3c54)cc2)cc1. The van der Waals surface area contributed by atoms with Crippen molar-refractivity contribution in [1.29, 1.82) is 0 Å². The molecule has 0 spiro atoms. The van der Waals surface area contributed by atoms with E-state index in [1.807, 2.05) is 38.1 Å². The van der Waals surface area contributed by atoms with E-state index in [-0.39, 0.29) is 31.5 Å². The van der Waals surface area contributed by atoms with Gasteiger partial charge in [0.1, 0.15) is 23.7 Å². The summed E-state index contributed by atoms with van der Waals surface area (Å²) in [5.41, 5.74) is 15.5. The molecule has 2 fully saturated rings. The van der Waals surface area contributed by atoms with Crippen LogP contribution in [-0.4, -0.2) is 31.5 Å². The summed E-state index contributed by atoms with van der Waals surface area (Å²) in [4.78, 5) is 4.86. The number of fused-ring (bicyclic) bond motifs is 4. The van der Waals surface area contributed by atoms with Gasteiger partial charge in [-0.1, -0.05) is 91.0 Å².